The van der Waals surface area contributed by atoms with Crippen LogP contribution in [0.2, 0.25) is 0 Å². The standard InChI is InChI=1S/C10H16N4O2S.ClH/c15-17(16,10-8-12-5-6-13-10)14-7-9-1-3-11-4-2-9;/h5-6,8-9,11,14H,1-4,7H2;1H. The van der Waals surface area contributed by atoms with E-state index in [1.807, 2.05) is 0 Å². The van der Waals surface area contributed by atoms with Gasteiger partial charge in [-0.3, -0.25) is 4.98 Å². The first-order chi connectivity index (χ1) is 8.18. The van der Waals surface area contributed by atoms with Gasteiger partial charge >= 0.3 is 0 Å². The number of nitrogens with one attached hydrogen (secondary N) is 2. The molecule has 1 aromatic heterocycles. The largest absolute Gasteiger partial charge is 0.317 e. The van der Waals surface area contributed by atoms with Crippen LogP contribution < -0.4 is 10.0 Å². The van der Waals surface area contributed by atoms with Crippen LogP contribution in [0.5, 0.6) is 0 Å². The molecule has 0 aromatic carbocycles. The zero-order valence-electron chi connectivity index (χ0n) is 9.87. The van der Waals surface area contributed by atoms with Gasteiger partial charge in [-0.25, -0.2) is 18.1 Å². The topological polar surface area (TPSA) is 84.0 Å². The van der Waals surface area contributed by atoms with E-state index in [2.05, 4.69) is 20.0 Å². The molecule has 0 atom stereocenters. The Morgan fingerprint density at radius 1 is 1.33 bits per heavy atom. The molecule has 1 aliphatic heterocycles. The SMILES string of the molecule is Cl.O=S(=O)(NCC1CCNCC1)c1cnccn1. The van der Waals surface area contributed by atoms with Crippen molar-refractivity contribution in [3.8, 4) is 0 Å². The molecule has 0 saturated carbocycles. The molecule has 0 amide bonds. The van der Waals surface area contributed by atoms with Crippen LogP contribution >= 0.6 is 12.4 Å². The van der Waals surface area contributed by atoms with Crippen molar-refractivity contribution < 1.29 is 8.42 Å². The van der Waals surface area contributed by atoms with E-state index in [1.54, 1.807) is 0 Å². The summed E-state index contributed by atoms with van der Waals surface area (Å²) < 4.78 is 26.3. The lowest BCUT2D eigenvalue weighted by Crippen LogP contribution is -2.36. The summed E-state index contributed by atoms with van der Waals surface area (Å²) >= 11 is 0. The molecule has 2 heterocycles. The monoisotopic (exact) mass is 292 g/mol. The highest BCUT2D eigenvalue weighted by molar-refractivity contribution is 7.89. The van der Waals surface area contributed by atoms with E-state index in [9.17, 15) is 8.42 Å². The Labute approximate surface area is 113 Å². The van der Waals surface area contributed by atoms with Gasteiger partial charge in [0.15, 0.2) is 5.03 Å². The molecule has 2 N–H and O–H groups in total. The molecule has 0 aliphatic carbocycles. The van der Waals surface area contributed by atoms with Gasteiger partial charge in [-0.05, 0) is 31.8 Å². The lowest BCUT2D eigenvalue weighted by molar-refractivity contribution is 0.372. The Morgan fingerprint density at radius 3 is 2.67 bits per heavy atom. The van der Waals surface area contributed by atoms with Gasteiger partial charge in [0.1, 0.15) is 0 Å². The van der Waals surface area contributed by atoms with Crippen molar-refractivity contribution in [2.45, 2.75) is 17.9 Å². The first kappa shape index (κ1) is 15.3. The second kappa shape index (κ2) is 6.98. The average Bonchev–Trinajstić information content (AvgIpc) is 2.39. The Hall–Kier alpha value is -0.760. The van der Waals surface area contributed by atoms with E-state index < -0.39 is 10.0 Å². The molecule has 1 aliphatic rings. The summed E-state index contributed by atoms with van der Waals surface area (Å²) in [5.74, 6) is 0.405. The molecule has 6 nitrogen and oxygen atoms in total. The van der Waals surface area contributed by atoms with E-state index in [0.717, 1.165) is 25.9 Å². The third-order valence-electron chi connectivity index (χ3n) is 2.84. The molecule has 1 saturated heterocycles. The van der Waals surface area contributed by atoms with Gasteiger partial charge in [-0.2, -0.15) is 0 Å². The van der Waals surface area contributed by atoms with Gasteiger partial charge < -0.3 is 5.32 Å². The fraction of sp³-hybridized carbons (Fsp3) is 0.600. The number of rotatable bonds is 4. The van der Waals surface area contributed by atoms with Crippen LogP contribution in [0.3, 0.4) is 0 Å². The molecule has 1 fully saturated rings. The molecule has 0 unspecified atom stereocenters. The van der Waals surface area contributed by atoms with Crippen molar-refractivity contribution >= 4 is 22.4 Å². The Morgan fingerprint density at radius 2 is 2.06 bits per heavy atom. The summed E-state index contributed by atoms with van der Waals surface area (Å²) in [5, 5.41) is 3.22. The van der Waals surface area contributed by atoms with Crippen molar-refractivity contribution in [2.75, 3.05) is 19.6 Å². The van der Waals surface area contributed by atoms with Crippen LogP contribution in [0.25, 0.3) is 0 Å². The smallest absolute Gasteiger partial charge is 0.259 e. The maximum atomic E-state index is 11.8. The first-order valence-electron chi connectivity index (χ1n) is 5.65. The Balaban J connectivity index is 0.00000162. The van der Waals surface area contributed by atoms with E-state index in [4.69, 9.17) is 0 Å². The number of hydrogen-bond donors (Lipinski definition) is 2. The van der Waals surface area contributed by atoms with Gasteiger partial charge in [-0.1, -0.05) is 0 Å². The number of nitrogens with zero attached hydrogens (tertiary/aromatic N) is 2. The normalized spacial score (nSPS) is 17.1. The highest BCUT2D eigenvalue weighted by Crippen LogP contribution is 2.11. The molecule has 102 valence electrons. The third kappa shape index (κ3) is 4.16. The van der Waals surface area contributed by atoms with Crippen molar-refractivity contribution in [3.05, 3.63) is 18.6 Å². The lowest BCUT2D eigenvalue weighted by Gasteiger charge is -2.22. The molecule has 0 radical (unpaired) electrons. The number of sulfonamides is 1. The summed E-state index contributed by atoms with van der Waals surface area (Å²) in [6.45, 7) is 2.38. The summed E-state index contributed by atoms with van der Waals surface area (Å²) in [5.41, 5.74) is 0. The van der Waals surface area contributed by atoms with Crippen molar-refractivity contribution in [3.63, 3.8) is 0 Å². The van der Waals surface area contributed by atoms with Crippen LogP contribution in [0.15, 0.2) is 23.6 Å². The van der Waals surface area contributed by atoms with E-state index in [-0.39, 0.29) is 17.4 Å². The third-order valence-corrected chi connectivity index (χ3v) is 4.14. The summed E-state index contributed by atoms with van der Waals surface area (Å²) in [4.78, 5) is 7.54. The number of halogens is 1. The van der Waals surface area contributed by atoms with Crippen LogP contribution in [-0.2, 0) is 10.0 Å². The molecule has 8 heteroatoms. The predicted molar refractivity (Wildman–Crippen MR) is 70.1 cm³/mol. The highest BCUT2D eigenvalue weighted by Gasteiger charge is 2.19. The zero-order valence-corrected chi connectivity index (χ0v) is 11.5. The fourth-order valence-corrected chi connectivity index (χ4v) is 2.81. The number of piperidine rings is 1. The molecule has 2 rings (SSSR count). The minimum atomic E-state index is -3.50. The van der Waals surface area contributed by atoms with Crippen LogP contribution in [0.1, 0.15) is 12.8 Å². The van der Waals surface area contributed by atoms with Gasteiger partial charge in [0.25, 0.3) is 10.0 Å². The molecule has 18 heavy (non-hydrogen) atoms. The van der Waals surface area contributed by atoms with Gasteiger partial charge in [0, 0.05) is 18.9 Å². The minimum absolute atomic E-state index is 0. The predicted octanol–water partition coefficient (Wildman–Crippen LogP) is 0.176. The quantitative estimate of drug-likeness (QED) is 0.827. The summed E-state index contributed by atoms with van der Waals surface area (Å²) in [6.07, 6.45) is 6.08. The zero-order chi connectivity index (χ0) is 12.1. The number of aromatic nitrogens is 2. The Bertz CT molecular complexity index is 448. The van der Waals surface area contributed by atoms with E-state index in [1.165, 1.54) is 18.6 Å². The minimum Gasteiger partial charge on any atom is -0.317 e. The first-order valence-corrected chi connectivity index (χ1v) is 7.13. The van der Waals surface area contributed by atoms with E-state index >= 15 is 0 Å². The molecule has 1 aromatic rings. The summed E-state index contributed by atoms with van der Waals surface area (Å²) in [7, 11) is -3.50. The van der Waals surface area contributed by atoms with Crippen LogP contribution in [-0.4, -0.2) is 38.0 Å². The second-order valence-corrected chi connectivity index (χ2v) is 5.80. The molecular weight excluding hydrogens is 276 g/mol. The fourth-order valence-electron chi connectivity index (χ4n) is 1.81. The van der Waals surface area contributed by atoms with Crippen molar-refractivity contribution in [1.29, 1.82) is 0 Å². The van der Waals surface area contributed by atoms with Gasteiger partial charge in [-0.15, -0.1) is 12.4 Å². The van der Waals surface area contributed by atoms with Crippen molar-refractivity contribution in [1.82, 2.24) is 20.0 Å². The second-order valence-electron chi connectivity index (χ2n) is 4.09. The lowest BCUT2D eigenvalue weighted by atomic mass is 9.99. The molecule has 0 bridgehead atoms. The number of hydrogen-bond acceptors (Lipinski definition) is 5. The average molecular weight is 293 g/mol. The maximum Gasteiger partial charge on any atom is 0.259 e. The van der Waals surface area contributed by atoms with Crippen molar-refractivity contribution in [2.24, 2.45) is 5.92 Å². The molecular formula is C10H17ClN4O2S. The summed E-state index contributed by atoms with van der Waals surface area (Å²) in [6, 6.07) is 0. The Kier molecular flexibility index (Phi) is 5.94. The van der Waals surface area contributed by atoms with E-state index in [0.29, 0.717) is 12.5 Å². The van der Waals surface area contributed by atoms with Gasteiger partial charge in [0.05, 0.1) is 6.20 Å². The highest BCUT2D eigenvalue weighted by atomic mass is 35.5. The maximum absolute atomic E-state index is 11.8. The molecule has 0 spiro atoms. The van der Waals surface area contributed by atoms with Crippen LogP contribution in [0.4, 0.5) is 0 Å². The van der Waals surface area contributed by atoms with Gasteiger partial charge in [0.2, 0.25) is 0 Å². The van der Waals surface area contributed by atoms with Crippen LogP contribution in [0, 0.1) is 5.92 Å².